The number of hydrogen-bond acceptors (Lipinski definition) is 8. The molecule has 1 saturated heterocycles. The fourth-order valence-corrected chi connectivity index (χ4v) is 3.10. The van der Waals surface area contributed by atoms with Crippen molar-refractivity contribution in [2.75, 3.05) is 30.0 Å². The summed E-state index contributed by atoms with van der Waals surface area (Å²) in [4.78, 5) is 31.7. The minimum Gasteiger partial charge on any atom is -0.377 e. The van der Waals surface area contributed by atoms with Gasteiger partial charge in [0.1, 0.15) is 18.1 Å². The lowest BCUT2D eigenvalue weighted by atomic mass is 10.1. The van der Waals surface area contributed by atoms with E-state index >= 15 is 0 Å². The summed E-state index contributed by atoms with van der Waals surface area (Å²) in [5, 5.41) is 9.40. The Bertz CT molecular complexity index is 957. The largest absolute Gasteiger partial charge is 0.377 e. The Morgan fingerprint density at radius 3 is 2.92 bits per heavy atom. The number of aromatic nitrogens is 6. The Hall–Kier alpha value is -3.40. The first-order chi connectivity index (χ1) is 12.8. The molecule has 26 heavy (non-hydrogen) atoms. The SMILES string of the molecule is O=C1Nc2ncc(-c3ccc(-c4ncn[nH]4)nc3)nc2N2CCOCC12. The van der Waals surface area contributed by atoms with Crippen LogP contribution in [0, 0.1) is 0 Å². The summed E-state index contributed by atoms with van der Waals surface area (Å²) >= 11 is 0. The molecule has 2 N–H and O–H groups in total. The Kier molecular flexibility index (Phi) is 3.35. The van der Waals surface area contributed by atoms with Gasteiger partial charge in [-0.05, 0) is 12.1 Å². The van der Waals surface area contributed by atoms with Crippen molar-refractivity contribution in [2.24, 2.45) is 0 Å². The number of pyridine rings is 1. The molecule has 0 radical (unpaired) electrons. The Labute approximate surface area is 147 Å². The summed E-state index contributed by atoms with van der Waals surface area (Å²) in [6.07, 6.45) is 4.78. The third-order valence-electron chi connectivity index (χ3n) is 4.42. The summed E-state index contributed by atoms with van der Waals surface area (Å²) in [7, 11) is 0. The maximum atomic E-state index is 12.2. The zero-order valence-corrected chi connectivity index (χ0v) is 13.6. The highest BCUT2D eigenvalue weighted by molar-refractivity contribution is 6.02. The van der Waals surface area contributed by atoms with Gasteiger partial charge in [0.15, 0.2) is 17.5 Å². The van der Waals surface area contributed by atoms with E-state index in [9.17, 15) is 4.79 Å². The second-order valence-corrected chi connectivity index (χ2v) is 5.97. The number of ether oxygens (including phenoxy) is 1. The van der Waals surface area contributed by atoms with Crippen LogP contribution in [0.4, 0.5) is 11.6 Å². The highest BCUT2D eigenvalue weighted by Gasteiger charge is 2.37. The molecule has 10 nitrogen and oxygen atoms in total. The van der Waals surface area contributed by atoms with Crippen LogP contribution in [0.2, 0.25) is 0 Å². The van der Waals surface area contributed by atoms with E-state index in [2.05, 4.69) is 30.5 Å². The van der Waals surface area contributed by atoms with Crippen molar-refractivity contribution in [1.82, 2.24) is 30.1 Å². The smallest absolute Gasteiger partial charge is 0.250 e. The minimum atomic E-state index is -0.368. The van der Waals surface area contributed by atoms with Gasteiger partial charge < -0.3 is 15.0 Å². The van der Waals surface area contributed by atoms with E-state index in [1.807, 2.05) is 17.0 Å². The summed E-state index contributed by atoms with van der Waals surface area (Å²) < 4.78 is 5.41. The number of anilines is 2. The zero-order valence-electron chi connectivity index (χ0n) is 13.6. The molecule has 5 rings (SSSR count). The third kappa shape index (κ3) is 2.39. The molecule has 1 atom stereocenters. The number of carbonyl (C=O) groups excluding carboxylic acids is 1. The Balaban J connectivity index is 1.50. The second kappa shape index (κ2) is 5.85. The average molecular weight is 350 g/mol. The maximum Gasteiger partial charge on any atom is 0.250 e. The molecule has 0 aromatic carbocycles. The number of amides is 1. The molecule has 0 bridgehead atoms. The predicted octanol–water partition coefficient (Wildman–Crippen LogP) is 0.481. The monoisotopic (exact) mass is 350 g/mol. The molecular formula is C16H14N8O2. The number of carbonyl (C=O) groups is 1. The molecule has 1 fully saturated rings. The van der Waals surface area contributed by atoms with Crippen LogP contribution < -0.4 is 10.2 Å². The van der Waals surface area contributed by atoms with Crippen LogP contribution in [0.5, 0.6) is 0 Å². The van der Waals surface area contributed by atoms with Crippen LogP contribution in [0.25, 0.3) is 22.8 Å². The third-order valence-corrected chi connectivity index (χ3v) is 4.42. The van der Waals surface area contributed by atoms with Gasteiger partial charge in [-0.1, -0.05) is 0 Å². The van der Waals surface area contributed by atoms with E-state index in [0.29, 0.717) is 48.6 Å². The molecule has 5 heterocycles. The van der Waals surface area contributed by atoms with Crippen molar-refractivity contribution >= 4 is 17.5 Å². The number of fused-ring (bicyclic) bond motifs is 3. The van der Waals surface area contributed by atoms with Crippen molar-refractivity contribution in [3.05, 3.63) is 30.9 Å². The molecule has 2 aliphatic rings. The Morgan fingerprint density at radius 2 is 2.12 bits per heavy atom. The fraction of sp³-hybridized carbons (Fsp3) is 0.250. The lowest BCUT2D eigenvalue weighted by molar-refractivity contribution is -0.120. The van der Waals surface area contributed by atoms with Crippen LogP contribution in [0.15, 0.2) is 30.9 Å². The van der Waals surface area contributed by atoms with Crippen molar-refractivity contribution in [3.8, 4) is 22.8 Å². The van der Waals surface area contributed by atoms with Gasteiger partial charge in [0.05, 0.1) is 25.1 Å². The van der Waals surface area contributed by atoms with Gasteiger partial charge in [-0.2, -0.15) is 5.10 Å². The van der Waals surface area contributed by atoms with Crippen LogP contribution in [-0.4, -0.2) is 61.8 Å². The van der Waals surface area contributed by atoms with Crippen LogP contribution in [-0.2, 0) is 9.53 Å². The number of nitrogens with one attached hydrogen (secondary N) is 2. The molecule has 0 aliphatic carbocycles. The van der Waals surface area contributed by atoms with Crippen molar-refractivity contribution in [2.45, 2.75) is 6.04 Å². The van der Waals surface area contributed by atoms with Crippen LogP contribution in [0.1, 0.15) is 0 Å². The van der Waals surface area contributed by atoms with Gasteiger partial charge >= 0.3 is 0 Å². The Morgan fingerprint density at radius 1 is 1.15 bits per heavy atom. The van der Waals surface area contributed by atoms with E-state index in [4.69, 9.17) is 9.72 Å². The van der Waals surface area contributed by atoms with E-state index < -0.39 is 0 Å². The highest BCUT2D eigenvalue weighted by Crippen LogP contribution is 2.32. The van der Waals surface area contributed by atoms with Gasteiger partial charge in [0, 0.05) is 18.3 Å². The summed E-state index contributed by atoms with van der Waals surface area (Å²) in [5.74, 6) is 1.63. The first-order valence-corrected chi connectivity index (χ1v) is 8.14. The molecule has 0 spiro atoms. The maximum absolute atomic E-state index is 12.2. The van der Waals surface area contributed by atoms with Gasteiger partial charge in [-0.15, -0.1) is 0 Å². The van der Waals surface area contributed by atoms with Crippen LogP contribution in [0.3, 0.4) is 0 Å². The number of aromatic amines is 1. The fourth-order valence-electron chi connectivity index (χ4n) is 3.10. The summed E-state index contributed by atoms with van der Waals surface area (Å²) in [6, 6.07) is 3.38. The summed E-state index contributed by atoms with van der Waals surface area (Å²) in [5.41, 5.74) is 2.20. The summed E-state index contributed by atoms with van der Waals surface area (Å²) in [6.45, 7) is 1.51. The van der Waals surface area contributed by atoms with Gasteiger partial charge in [-0.25, -0.2) is 15.0 Å². The topological polar surface area (TPSA) is 122 Å². The van der Waals surface area contributed by atoms with E-state index in [1.54, 1.807) is 12.4 Å². The molecule has 3 aromatic heterocycles. The second-order valence-electron chi connectivity index (χ2n) is 5.97. The van der Waals surface area contributed by atoms with Gasteiger partial charge in [0.25, 0.3) is 5.91 Å². The molecule has 10 heteroatoms. The number of morpholine rings is 1. The van der Waals surface area contributed by atoms with Crippen molar-refractivity contribution < 1.29 is 9.53 Å². The minimum absolute atomic E-state index is 0.114. The average Bonchev–Trinajstić information content (AvgIpc) is 3.23. The van der Waals surface area contributed by atoms with Crippen LogP contribution >= 0.6 is 0 Å². The first-order valence-electron chi connectivity index (χ1n) is 8.14. The molecule has 1 amide bonds. The van der Waals surface area contributed by atoms with E-state index in [0.717, 1.165) is 5.56 Å². The van der Waals surface area contributed by atoms with Crippen molar-refractivity contribution in [3.63, 3.8) is 0 Å². The normalized spacial score (nSPS) is 18.8. The number of nitrogens with zero attached hydrogens (tertiary/aromatic N) is 6. The van der Waals surface area contributed by atoms with E-state index in [-0.39, 0.29) is 11.9 Å². The predicted molar refractivity (Wildman–Crippen MR) is 91.2 cm³/mol. The molecule has 130 valence electrons. The molecule has 3 aromatic rings. The lowest BCUT2D eigenvalue weighted by Crippen LogP contribution is -2.55. The quantitative estimate of drug-likeness (QED) is 0.684. The van der Waals surface area contributed by atoms with E-state index in [1.165, 1.54) is 6.33 Å². The van der Waals surface area contributed by atoms with Crippen molar-refractivity contribution in [1.29, 1.82) is 0 Å². The lowest BCUT2D eigenvalue weighted by Gasteiger charge is -2.39. The molecule has 0 saturated carbocycles. The first kappa shape index (κ1) is 14.9. The highest BCUT2D eigenvalue weighted by atomic mass is 16.5. The zero-order chi connectivity index (χ0) is 17.5. The standard InChI is InChI=1S/C16H14N8O2/c25-16-12-7-26-4-3-24(12)15-14(22-16)18-6-11(21-15)9-1-2-10(17-5-9)13-19-8-20-23-13/h1-2,5-6,8,12H,3-4,7H2,(H,18,22,25)(H,19,20,23). The number of rotatable bonds is 2. The molecular weight excluding hydrogens is 336 g/mol. The number of H-pyrrole nitrogens is 1. The molecule has 2 aliphatic heterocycles. The van der Waals surface area contributed by atoms with Gasteiger partial charge in [0.2, 0.25) is 0 Å². The molecule has 1 unspecified atom stereocenters. The van der Waals surface area contributed by atoms with Gasteiger partial charge in [-0.3, -0.25) is 14.9 Å². The number of hydrogen-bond donors (Lipinski definition) is 2.